The Labute approximate surface area is 132 Å². The molecule has 4 aliphatic rings. The highest BCUT2D eigenvalue weighted by atomic mass is 32.2. The van der Waals surface area contributed by atoms with Crippen molar-refractivity contribution in [2.75, 3.05) is 13.2 Å². The predicted molar refractivity (Wildman–Crippen MR) is 84.4 cm³/mol. The molecule has 2 heterocycles. The van der Waals surface area contributed by atoms with E-state index in [4.69, 9.17) is 14.2 Å². The lowest BCUT2D eigenvalue weighted by Gasteiger charge is -2.29. The van der Waals surface area contributed by atoms with E-state index in [1.165, 1.54) is 32.1 Å². The zero-order valence-corrected chi connectivity index (χ0v) is 14.0. The molecule has 8 unspecified atom stereocenters. The van der Waals surface area contributed by atoms with E-state index in [9.17, 15) is 0 Å². The largest absolute Gasteiger partial charge is 0.370 e. The molecule has 4 heteroatoms. The number of hydrogen-bond acceptors (Lipinski definition) is 4. The van der Waals surface area contributed by atoms with Gasteiger partial charge in [-0.05, 0) is 56.8 Å². The summed E-state index contributed by atoms with van der Waals surface area (Å²) >= 11 is 2.18. The Bertz CT molecular complexity index is 377. The molecule has 2 aliphatic carbocycles. The van der Waals surface area contributed by atoms with Crippen LogP contribution in [0.15, 0.2) is 0 Å². The number of ether oxygens (including phenoxy) is 3. The first kappa shape index (κ1) is 14.8. The van der Waals surface area contributed by atoms with E-state index in [2.05, 4.69) is 25.6 Å². The van der Waals surface area contributed by atoms with Crippen LogP contribution < -0.4 is 0 Å². The molecule has 120 valence electrons. The molecule has 21 heavy (non-hydrogen) atoms. The summed E-state index contributed by atoms with van der Waals surface area (Å²) in [6.07, 6.45) is 7.51. The van der Waals surface area contributed by atoms with Crippen LogP contribution in [0.2, 0.25) is 0 Å². The van der Waals surface area contributed by atoms with Gasteiger partial charge >= 0.3 is 0 Å². The first-order chi connectivity index (χ1) is 10.2. The third kappa shape index (κ3) is 3.60. The van der Waals surface area contributed by atoms with Crippen molar-refractivity contribution in [1.29, 1.82) is 0 Å². The molecule has 0 radical (unpaired) electrons. The molecule has 0 N–H and O–H groups in total. The molecule has 2 aliphatic heterocycles. The first-order valence-corrected chi connectivity index (χ1v) is 9.67. The number of hydrogen-bond donors (Lipinski definition) is 0. The van der Waals surface area contributed by atoms with Crippen molar-refractivity contribution in [3.05, 3.63) is 0 Å². The Hall–Kier alpha value is 0.230. The third-order valence-corrected chi connectivity index (χ3v) is 7.28. The summed E-state index contributed by atoms with van der Waals surface area (Å²) in [6.45, 7) is 6.17. The van der Waals surface area contributed by atoms with E-state index in [1.54, 1.807) is 0 Å². The van der Waals surface area contributed by atoms with Gasteiger partial charge in [0.15, 0.2) is 6.29 Å². The van der Waals surface area contributed by atoms with Crippen LogP contribution in [0.25, 0.3) is 0 Å². The number of rotatable bonds is 6. The maximum Gasteiger partial charge on any atom is 0.154 e. The van der Waals surface area contributed by atoms with Crippen LogP contribution in [0, 0.1) is 17.8 Å². The van der Waals surface area contributed by atoms with Gasteiger partial charge in [-0.15, -0.1) is 0 Å². The van der Waals surface area contributed by atoms with Gasteiger partial charge in [0.25, 0.3) is 0 Å². The Morgan fingerprint density at radius 2 is 1.86 bits per heavy atom. The van der Waals surface area contributed by atoms with Crippen molar-refractivity contribution in [3.8, 4) is 0 Å². The fourth-order valence-electron chi connectivity index (χ4n) is 4.13. The second kappa shape index (κ2) is 6.03. The van der Waals surface area contributed by atoms with Crippen LogP contribution >= 0.6 is 11.8 Å². The van der Waals surface area contributed by atoms with Crippen LogP contribution in [0.5, 0.6) is 0 Å². The molecular formula is C17H28O3S. The Morgan fingerprint density at radius 1 is 1.05 bits per heavy atom. The monoisotopic (exact) mass is 312 g/mol. The highest BCUT2D eigenvalue weighted by molar-refractivity contribution is 8.07. The molecule has 4 fully saturated rings. The van der Waals surface area contributed by atoms with E-state index >= 15 is 0 Å². The highest BCUT2D eigenvalue weighted by Crippen LogP contribution is 2.54. The standard InChI is InChI=1S/C17H28O3S/c1-10-5-16-17(21-16)7-13(10)9-19-11(2)18-8-12-3-4-14-15(6-12)20-14/h10-17H,3-9H2,1-2H3. The molecule has 0 bridgehead atoms. The van der Waals surface area contributed by atoms with Gasteiger partial charge in [-0.1, -0.05) is 6.92 Å². The predicted octanol–water partition coefficient (Wildman–Crippen LogP) is 3.46. The molecule has 0 aromatic heterocycles. The van der Waals surface area contributed by atoms with Gasteiger partial charge in [0, 0.05) is 10.5 Å². The molecular weight excluding hydrogens is 284 g/mol. The Kier molecular flexibility index (Phi) is 4.25. The van der Waals surface area contributed by atoms with Crippen molar-refractivity contribution in [2.45, 2.75) is 74.9 Å². The lowest BCUT2D eigenvalue weighted by molar-refractivity contribution is -0.151. The van der Waals surface area contributed by atoms with E-state index < -0.39 is 0 Å². The molecule has 3 nitrogen and oxygen atoms in total. The third-order valence-electron chi connectivity index (χ3n) is 5.86. The number of fused-ring (bicyclic) bond motifs is 2. The second-order valence-electron chi connectivity index (χ2n) is 7.55. The van der Waals surface area contributed by atoms with Gasteiger partial charge in [-0.25, -0.2) is 0 Å². The average Bonchev–Trinajstić information content (AvgIpc) is 3.36. The fraction of sp³-hybridized carbons (Fsp3) is 1.00. The van der Waals surface area contributed by atoms with Crippen molar-refractivity contribution in [2.24, 2.45) is 17.8 Å². The van der Waals surface area contributed by atoms with Crippen LogP contribution in [-0.4, -0.2) is 42.2 Å². The average molecular weight is 312 g/mol. The molecule has 0 aromatic rings. The summed E-state index contributed by atoms with van der Waals surface area (Å²) < 4.78 is 17.5. The second-order valence-corrected chi connectivity index (χ2v) is 9.03. The van der Waals surface area contributed by atoms with Crippen molar-refractivity contribution in [1.82, 2.24) is 0 Å². The maximum atomic E-state index is 5.98. The van der Waals surface area contributed by atoms with Gasteiger partial charge in [0.1, 0.15) is 0 Å². The molecule has 8 atom stereocenters. The minimum absolute atomic E-state index is 0.0559. The lowest BCUT2D eigenvalue weighted by Crippen LogP contribution is -2.29. The molecule has 0 aromatic carbocycles. The summed E-state index contributed by atoms with van der Waals surface area (Å²) in [5, 5.41) is 1.92. The zero-order chi connectivity index (χ0) is 14.4. The number of epoxide rings is 1. The first-order valence-electron chi connectivity index (χ1n) is 8.73. The van der Waals surface area contributed by atoms with E-state index in [-0.39, 0.29) is 6.29 Å². The summed E-state index contributed by atoms with van der Waals surface area (Å²) in [5.74, 6) is 2.23. The fourth-order valence-corrected chi connectivity index (χ4v) is 5.49. The Morgan fingerprint density at radius 3 is 2.71 bits per heavy atom. The van der Waals surface area contributed by atoms with Crippen molar-refractivity contribution < 1.29 is 14.2 Å². The smallest absolute Gasteiger partial charge is 0.154 e. The van der Waals surface area contributed by atoms with Crippen LogP contribution in [0.4, 0.5) is 0 Å². The molecule has 0 spiro atoms. The number of thioether (sulfide) groups is 1. The normalized spacial score (nSPS) is 49.1. The summed E-state index contributed by atoms with van der Waals surface area (Å²) in [5.41, 5.74) is 0. The quantitative estimate of drug-likeness (QED) is 0.555. The summed E-state index contributed by atoms with van der Waals surface area (Å²) in [7, 11) is 0. The Balaban J connectivity index is 1.13. The van der Waals surface area contributed by atoms with E-state index in [1.807, 2.05) is 0 Å². The van der Waals surface area contributed by atoms with Gasteiger partial charge in [0.05, 0.1) is 25.4 Å². The van der Waals surface area contributed by atoms with Gasteiger partial charge in [0.2, 0.25) is 0 Å². The van der Waals surface area contributed by atoms with Crippen LogP contribution in [-0.2, 0) is 14.2 Å². The topological polar surface area (TPSA) is 31.0 Å². The van der Waals surface area contributed by atoms with Gasteiger partial charge in [-0.3, -0.25) is 0 Å². The SMILES string of the molecule is CC(OCC1CCC2OC2C1)OCC1CC2SC2CC1C. The van der Waals surface area contributed by atoms with Crippen molar-refractivity contribution in [3.63, 3.8) is 0 Å². The minimum atomic E-state index is -0.0559. The van der Waals surface area contributed by atoms with Gasteiger partial charge < -0.3 is 14.2 Å². The van der Waals surface area contributed by atoms with E-state index in [0.717, 1.165) is 35.5 Å². The van der Waals surface area contributed by atoms with Gasteiger partial charge in [-0.2, -0.15) is 11.8 Å². The summed E-state index contributed by atoms with van der Waals surface area (Å²) in [4.78, 5) is 0. The molecule has 0 amide bonds. The van der Waals surface area contributed by atoms with Crippen LogP contribution in [0.3, 0.4) is 0 Å². The van der Waals surface area contributed by atoms with Crippen LogP contribution in [0.1, 0.15) is 46.0 Å². The lowest BCUT2D eigenvalue weighted by atomic mass is 9.81. The highest BCUT2D eigenvalue weighted by Gasteiger charge is 2.46. The summed E-state index contributed by atoms with van der Waals surface area (Å²) in [6, 6.07) is 0. The maximum absolute atomic E-state index is 5.98. The molecule has 4 rings (SSSR count). The minimum Gasteiger partial charge on any atom is -0.370 e. The molecule has 2 saturated carbocycles. The van der Waals surface area contributed by atoms with Crippen molar-refractivity contribution >= 4 is 11.8 Å². The molecule has 2 saturated heterocycles. The zero-order valence-electron chi connectivity index (χ0n) is 13.2. The van der Waals surface area contributed by atoms with E-state index in [0.29, 0.717) is 18.1 Å².